The summed E-state index contributed by atoms with van der Waals surface area (Å²) in [7, 11) is 0. The second kappa shape index (κ2) is 6.42. The van der Waals surface area contributed by atoms with Gasteiger partial charge >= 0.3 is 5.84 Å². The molecule has 11 heteroatoms. The Bertz CT molecular complexity index is 1260. The molecule has 5 heterocycles. The molecule has 0 saturated carbocycles. The van der Waals surface area contributed by atoms with Gasteiger partial charge in [-0.25, -0.2) is 0 Å². The van der Waals surface area contributed by atoms with Crippen molar-refractivity contribution in [2.75, 3.05) is 23.7 Å². The molecule has 3 amide bonds. The predicted molar refractivity (Wildman–Crippen MR) is 121 cm³/mol. The summed E-state index contributed by atoms with van der Waals surface area (Å²) in [5.41, 5.74) is 1.15. The van der Waals surface area contributed by atoms with Crippen LogP contribution in [0.2, 0.25) is 0 Å². The molecule has 2 atom stereocenters. The summed E-state index contributed by atoms with van der Waals surface area (Å²) in [6, 6.07) is 5.70. The van der Waals surface area contributed by atoms with Gasteiger partial charge < -0.3 is 10.6 Å². The molecular formula is C22H23N8O3+. The number of amidine groups is 1. The molecule has 5 aliphatic heterocycles. The van der Waals surface area contributed by atoms with Crippen molar-refractivity contribution in [1.82, 2.24) is 10.3 Å². The van der Waals surface area contributed by atoms with Crippen LogP contribution in [-0.4, -0.2) is 58.5 Å². The highest BCUT2D eigenvalue weighted by molar-refractivity contribution is 6.30. The Kier molecular flexibility index (Phi) is 3.88. The number of nitrogens with one attached hydrogen (secondary N) is 3. The van der Waals surface area contributed by atoms with E-state index in [4.69, 9.17) is 5.10 Å². The fourth-order valence-corrected chi connectivity index (χ4v) is 5.15. The Labute approximate surface area is 189 Å². The van der Waals surface area contributed by atoms with Crippen molar-refractivity contribution in [3.8, 4) is 0 Å². The first kappa shape index (κ1) is 19.9. The number of hydrogen-bond acceptors (Lipinski definition) is 8. The third-order valence-electron chi connectivity index (χ3n) is 7.12. The van der Waals surface area contributed by atoms with Crippen LogP contribution in [0.3, 0.4) is 0 Å². The average Bonchev–Trinajstić information content (AvgIpc) is 3.47. The Morgan fingerprint density at radius 2 is 2.00 bits per heavy atom. The predicted octanol–water partition coefficient (Wildman–Crippen LogP) is 1.04. The van der Waals surface area contributed by atoms with Crippen LogP contribution >= 0.6 is 0 Å². The minimum Gasteiger partial charge on any atom is -0.325 e. The van der Waals surface area contributed by atoms with Gasteiger partial charge in [0.25, 0.3) is 5.96 Å². The first-order valence-corrected chi connectivity index (χ1v) is 10.8. The molecule has 168 valence electrons. The van der Waals surface area contributed by atoms with Crippen molar-refractivity contribution < 1.29 is 19.1 Å². The van der Waals surface area contributed by atoms with Crippen LogP contribution < -0.4 is 16.0 Å². The van der Waals surface area contributed by atoms with Gasteiger partial charge in [-0.3, -0.25) is 24.7 Å². The van der Waals surface area contributed by atoms with E-state index in [9.17, 15) is 14.4 Å². The van der Waals surface area contributed by atoms with Gasteiger partial charge in [0.2, 0.25) is 17.7 Å². The van der Waals surface area contributed by atoms with Crippen LogP contribution in [0.4, 0.5) is 11.4 Å². The minimum absolute atomic E-state index is 0.0338. The molecule has 6 rings (SSSR count). The minimum atomic E-state index is -0.728. The average molecular weight is 447 g/mol. The molecule has 1 aromatic carbocycles. The normalized spacial score (nSPS) is 31.4. The third-order valence-corrected chi connectivity index (χ3v) is 7.12. The standard InChI is InChI=1S/C22H22N8O3/c1-21(2)14-4-3-13(9-15(14)25-18(21)32)24-20-26-16-11-23-6-8-30(16,28-20)29-7-5-22(12-29)10-17(31)27-19(22)33/h3-4,6,8-9,11H,5,7,10,12H2,1-2H3,(H2-,24,25,27,28,31,32,33)/p+1. The highest BCUT2D eigenvalue weighted by atomic mass is 16.2. The molecule has 1 spiro atoms. The topological polar surface area (TPSA) is 128 Å². The van der Waals surface area contributed by atoms with Gasteiger partial charge in [-0.05, 0) is 47.8 Å². The second-order valence-electron chi connectivity index (χ2n) is 9.56. The van der Waals surface area contributed by atoms with Crippen molar-refractivity contribution >= 4 is 47.1 Å². The highest BCUT2D eigenvalue weighted by Crippen LogP contribution is 2.42. The Hall–Kier alpha value is -3.70. The number of guanidine groups is 1. The number of carbonyl (C=O) groups is 3. The fraction of sp³-hybridized carbons (Fsp3) is 0.364. The van der Waals surface area contributed by atoms with Gasteiger partial charge in [0, 0.05) is 17.8 Å². The second-order valence-corrected chi connectivity index (χ2v) is 9.56. The molecule has 0 bridgehead atoms. The van der Waals surface area contributed by atoms with Gasteiger partial charge in [0.15, 0.2) is 6.20 Å². The number of anilines is 2. The lowest BCUT2D eigenvalue weighted by atomic mass is 9.85. The van der Waals surface area contributed by atoms with Gasteiger partial charge in [-0.15, -0.1) is 10.0 Å². The highest BCUT2D eigenvalue weighted by Gasteiger charge is 2.58. The van der Waals surface area contributed by atoms with E-state index in [1.165, 1.54) is 0 Å². The monoisotopic (exact) mass is 447 g/mol. The SMILES string of the molecule is CC1(C)C(=O)Nc2cc(NC3=N[N+]4(N5CCC6(CC(=O)NC6=O)C5)C=CN=CC4=N3)ccc21. The quantitative estimate of drug-likeness (QED) is 0.461. The van der Waals surface area contributed by atoms with Crippen molar-refractivity contribution in [3.63, 3.8) is 0 Å². The van der Waals surface area contributed by atoms with E-state index in [0.717, 1.165) is 16.9 Å². The molecule has 11 nitrogen and oxygen atoms in total. The number of fused-ring (bicyclic) bond motifs is 2. The number of nitrogens with zero attached hydrogens (tertiary/aromatic N) is 5. The lowest BCUT2D eigenvalue weighted by Crippen LogP contribution is -2.56. The van der Waals surface area contributed by atoms with Crippen molar-refractivity contribution in [3.05, 3.63) is 36.2 Å². The molecule has 2 saturated heterocycles. The van der Waals surface area contributed by atoms with E-state index in [1.54, 1.807) is 12.4 Å². The van der Waals surface area contributed by atoms with E-state index in [1.807, 2.05) is 43.3 Å². The molecular weight excluding hydrogens is 424 g/mol. The number of imide groups is 1. The molecule has 0 radical (unpaired) electrons. The molecule has 0 aliphatic carbocycles. The largest absolute Gasteiger partial charge is 0.325 e. The number of benzene rings is 1. The van der Waals surface area contributed by atoms with Crippen LogP contribution in [0.15, 0.2) is 45.7 Å². The maximum Gasteiger partial charge on any atom is 0.301 e. The number of amides is 3. The zero-order valence-corrected chi connectivity index (χ0v) is 18.3. The van der Waals surface area contributed by atoms with Crippen LogP contribution in [0.1, 0.15) is 32.3 Å². The molecule has 0 aromatic heterocycles. The smallest absolute Gasteiger partial charge is 0.301 e. The number of aliphatic imine (C=N–C) groups is 2. The van der Waals surface area contributed by atoms with E-state index < -0.39 is 10.8 Å². The molecule has 33 heavy (non-hydrogen) atoms. The Morgan fingerprint density at radius 1 is 1.15 bits per heavy atom. The van der Waals surface area contributed by atoms with Crippen LogP contribution in [0, 0.1) is 5.41 Å². The summed E-state index contributed by atoms with van der Waals surface area (Å²) in [5.74, 6) is 0.502. The van der Waals surface area contributed by atoms with Gasteiger partial charge in [0.05, 0.1) is 30.1 Å². The zero-order chi connectivity index (χ0) is 23.0. The van der Waals surface area contributed by atoms with Crippen LogP contribution in [-0.2, 0) is 19.8 Å². The van der Waals surface area contributed by atoms with E-state index in [2.05, 4.69) is 25.9 Å². The third kappa shape index (κ3) is 2.75. The maximum atomic E-state index is 12.5. The van der Waals surface area contributed by atoms with E-state index in [0.29, 0.717) is 31.3 Å². The molecule has 2 unspecified atom stereocenters. The molecule has 2 fully saturated rings. The van der Waals surface area contributed by atoms with Gasteiger partial charge in [-0.1, -0.05) is 6.07 Å². The van der Waals surface area contributed by atoms with Crippen molar-refractivity contribution in [1.29, 1.82) is 0 Å². The fourth-order valence-electron chi connectivity index (χ4n) is 5.15. The zero-order valence-electron chi connectivity index (χ0n) is 18.3. The Balaban J connectivity index is 1.29. The number of carbonyl (C=O) groups excluding carboxylic acids is 3. The molecule has 1 aromatic rings. The summed E-state index contributed by atoms with van der Waals surface area (Å²) in [5, 5.41) is 15.5. The number of quaternary nitrogens is 1. The summed E-state index contributed by atoms with van der Waals surface area (Å²) < 4.78 is -0.0379. The van der Waals surface area contributed by atoms with Crippen LogP contribution in [0.5, 0.6) is 0 Å². The van der Waals surface area contributed by atoms with Crippen molar-refractivity contribution in [2.24, 2.45) is 20.5 Å². The first-order valence-electron chi connectivity index (χ1n) is 10.8. The first-order chi connectivity index (χ1) is 15.7. The number of rotatable bonds is 2. The van der Waals surface area contributed by atoms with E-state index >= 15 is 0 Å². The van der Waals surface area contributed by atoms with Crippen molar-refractivity contribution in [2.45, 2.75) is 32.1 Å². The summed E-state index contributed by atoms with van der Waals surface area (Å²) in [6.07, 6.45) is 5.88. The van der Waals surface area contributed by atoms with E-state index in [-0.39, 0.29) is 28.8 Å². The molecule has 3 N–H and O–H groups in total. The number of hydrogen-bond donors (Lipinski definition) is 3. The summed E-state index contributed by atoms with van der Waals surface area (Å²) >= 11 is 0. The van der Waals surface area contributed by atoms with Gasteiger partial charge in [-0.2, -0.15) is 0 Å². The molecule has 5 aliphatic rings. The Morgan fingerprint density at radius 3 is 2.79 bits per heavy atom. The summed E-state index contributed by atoms with van der Waals surface area (Å²) in [4.78, 5) is 45.4. The lowest BCUT2D eigenvalue weighted by Gasteiger charge is -2.32. The van der Waals surface area contributed by atoms with Crippen LogP contribution in [0.25, 0.3) is 0 Å². The summed E-state index contributed by atoms with van der Waals surface area (Å²) in [6.45, 7) is 4.76. The van der Waals surface area contributed by atoms with Gasteiger partial charge in [0.1, 0.15) is 6.21 Å². The maximum absolute atomic E-state index is 12.5. The lowest BCUT2D eigenvalue weighted by molar-refractivity contribution is -0.915.